The van der Waals surface area contributed by atoms with Gasteiger partial charge in [-0.3, -0.25) is 9.69 Å². The van der Waals surface area contributed by atoms with Gasteiger partial charge in [0.1, 0.15) is 6.04 Å². The number of rotatable bonds is 5. The zero-order valence-corrected chi connectivity index (χ0v) is 11.5. The van der Waals surface area contributed by atoms with Gasteiger partial charge in [-0.2, -0.15) is 0 Å². The van der Waals surface area contributed by atoms with E-state index in [0.717, 1.165) is 45.3 Å². The van der Waals surface area contributed by atoms with Crippen LogP contribution >= 0.6 is 0 Å². The molecule has 1 atom stereocenters. The Morgan fingerprint density at radius 2 is 1.94 bits per heavy atom. The molecule has 2 saturated heterocycles. The van der Waals surface area contributed by atoms with Crippen LogP contribution in [0.1, 0.15) is 45.4 Å². The Kier molecular flexibility index (Phi) is 5.01. The van der Waals surface area contributed by atoms with Crippen molar-refractivity contribution in [2.45, 2.75) is 57.5 Å². The number of aliphatic carboxylic acids is 1. The molecule has 1 unspecified atom stereocenters. The van der Waals surface area contributed by atoms with Gasteiger partial charge in [0.05, 0.1) is 0 Å². The van der Waals surface area contributed by atoms with E-state index < -0.39 is 5.97 Å². The molecule has 0 spiro atoms. The van der Waals surface area contributed by atoms with Gasteiger partial charge in [-0.05, 0) is 58.3 Å². The van der Waals surface area contributed by atoms with Crippen molar-refractivity contribution in [3.05, 3.63) is 0 Å². The third-order valence-electron chi connectivity index (χ3n) is 4.43. The predicted molar refractivity (Wildman–Crippen MR) is 71.7 cm³/mol. The molecule has 0 aliphatic carbocycles. The third kappa shape index (κ3) is 3.23. The van der Waals surface area contributed by atoms with Gasteiger partial charge in [0.15, 0.2) is 0 Å². The second kappa shape index (κ2) is 6.53. The summed E-state index contributed by atoms with van der Waals surface area (Å²) in [5.74, 6) is -0.624. The van der Waals surface area contributed by atoms with Crippen LogP contribution in [0.2, 0.25) is 0 Å². The lowest BCUT2D eigenvalue weighted by Crippen LogP contribution is -2.48. The first-order valence-corrected chi connectivity index (χ1v) is 7.43. The number of unbranched alkanes of at least 4 members (excludes halogenated alkanes) is 1. The molecule has 18 heavy (non-hydrogen) atoms. The smallest absolute Gasteiger partial charge is 0.320 e. The maximum atomic E-state index is 11.2. The first-order valence-electron chi connectivity index (χ1n) is 7.43. The highest BCUT2D eigenvalue weighted by Crippen LogP contribution is 2.26. The molecule has 0 aromatic carbocycles. The Morgan fingerprint density at radius 1 is 1.22 bits per heavy atom. The second-order valence-corrected chi connectivity index (χ2v) is 5.66. The number of nitrogens with zero attached hydrogens (tertiary/aromatic N) is 2. The third-order valence-corrected chi connectivity index (χ3v) is 4.43. The monoisotopic (exact) mass is 254 g/mol. The molecule has 0 radical (unpaired) electrons. The summed E-state index contributed by atoms with van der Waals surface area (Å²) in [4.78, 5) is 16.0. The van der Waals surface area contributed by atoms with E-state index in [1.165, 1.54) is 19.4 Å². The number of hydrogen-bond acceptors (Lipinski definition) is 3. The highest BCUT2D eigenvalue weighted by Gasteiger charge is 2.36. The Balaban J connectivity index is 1.80. The zero-order valence-electron chi connectivity index (χ0n) is 11.5. The Morgan fingerprint density at radius 3 is 2.56 bits per heavy atom. The molecule has 2 fully saturated rings. The summed E-state index contributed by atoms with van der Waals surface area (Å²) in [6.07, 6.45) is 6.72. The van der Waals surface area contributed by atoms with E-state index in [1.54, 1.807) is 0 Å². The SMILES string of the molecule is CCCCN1CCC(N2CCCC2C(=O)O)CC1. The van der Waals surface area contributed by atoms with Crippen LogP contribution in [0.4, 0.5) is 0 Å². The second-order valence-electron chi connectivity index (χ2n) is 5.66. The van der Waals surface area contributed by atoms with Crippen LogP contribution < -0.4 is 0 Å². The first kappa shape index (κ1) is 13.8. The van der Waals surface area contributed by atoms with Crippen molar-refractivity contribution in [3.63, 3.8) is 0 Å². The molecule has 4 nitrogen and oxygen atoms in total. The predicted octanol–water partition coefficient (Wildman–Crippen LogP) is 1.80. The largest absolute Gasteiger partial charge is 0.480 e. The molecule has 4 heteroatoms. The molecular weight excluding hydrogens is 228 g/mol. The number of likely N-dealkylation sites (tertiary alicyclic amines) is 2. The molecule has 0 amide bonds. The topological polar surface area (TPSA) is 43.8 Å². The normalized spacial score (nSPS) is 27.7. The molecule has 0 saturated carbocycles. The highest BCUT2D eigenvalue weighted by atomic mass is 16.4. The average Bonchev–Trinajstić information content (AvgIpc) is 2.86. The minimum absolute atomic E-state index is 0.211. The first-order chi connectivity index (χ1) is 8.72. The van der Waals surface area contributed by atoms with Crippen molar-refractivity contribution in [2.24, 2.45) is 0 Å². The van der Waals surface area contributed by atoms with E-state index in [9.17, 15) is 9.90 Å². The molecule has 104 valence electrons. The van der Waals surface area contributed by atoms with Crippen LogP contribution in [0.15, 0.2) is 0 Å². The summed E-state index contributed by atoms with van der Waals surface area (Å²) in [6.45, 7) is 6.72. The summed E-state index contributed by atoms with van der Waals surface area (Å²) in [5, 5.41) is 9.23. The quantitative estimate of drug-likeness (QED) is 0.812. The number of carboxylic acid groups (broad SMARTS) is 1. The lowest BCUT2D eigenvalue weighted by molar-refractivity contribution is -0.143. The van der Waals surface area contributed by atoms with E-state index >= 15 is 0 Å². The summed E-state index contributed by atoms with van der Waals surface area (Å²) in [6, 6.07) is 0.295. The zero-order chi connectivity index (χ0) is 13.0. The van der Waals surface area contributed by atoms with Crippen LogP contribution in [0, 0.1) is 0 Å². The van der Waals surface area contributed by atoms with Gasteiger partial charge in [0, 0.05) is 6.04 Å². The fraction of sp³-hybridized carbons (Fsp3) is 0.929. The molecule has 0 aromatic rings. The summed E-state index contributed by atoms with van der Waals surface area (Å²) in [5.41, 5.74) is 0. The van der Waals surface area contributed by atoms with Crippen LogP contribution in [-0.2, 0) is 4.79 Å². The molecule has 2 heterocycles. The minimum atomic E-state index is -0.624. The number of carbonyl (C=O) groups is 1. The van der Waals surface area contributed by atoms with Crippen LogP contribution in [0.25, 0.3) is 0 Å². The summed E-state index contributed by atoms with van der Waals surface area (Å²) >= 11 is 0. The van der Waals surface area contributed by atoms with Crippen LogP contribution in [-0.4, -0.2) is 59.1 Å². The lowest BCUT2D eigenvalue weighted by Gasteiger charge is -2.38. The molecule has 0 aromatic heterocycles. The maximum Gasteiger partial charge on any atom is 0.320 e. The van der Waals surface area contributed by atoms with Crippen molar-refractivity contribution < 1.29 is 9.90 Å². The van der Waals surface area contributed by atoms with Crippen molar-refractivity contribution in [3.8, 4) is 0 Å². The Labute approximate surface area is 110 Å². The average molecular weight is 254 g/mol. The molecule has 2 aliphatic rings. The number of piperidine rings is 1. The van der Waals surface area contributed by atoms with Gasteiger partial charge in [-0.1, -0.05) is 13.3 Å². The lowest BCUT2D eigenvalue weighted by atomic mass is 10.0. The number of hydrogen-bond donors (Lipinski definition) is 1. The van der Waals surface area contributed by atoms with E-state index in [4.69, 9.17) is 0 Å². The summed E-state index contributed by atoms with van der Waals surface area (Å²) in [7, 11) is 0. The van der Waals surface area contributed by atoms with Crippen LogP contribution in [0.3, 0.4) is 0 Å². The van der Waals surface area contributed by atoms with E-state index in [2.05, 4.69) is 16.7 Å². The van der Waals surface area contributed by atoms with E-state index in [-0.39, 0.29) is 6.04 Å². The highest BCUT2D eigenvalue weighted by molar-refractivity contribution is 5.73. The molecule has 0 bridgehead atoms. The molecular formula is C14H26N2O2. The van der Waals surface area contributed by atoms with E-state index in [0.29, 0.717) is 6.04 Å². The van der Waals surface area contributed by atoms with Crippen molar-refractivity contribution in [2.75, 3.05) is 26.2 Å². The standard InChI is InChI=1S/C14H26N2O2/c1-2-3-8-15-10-6-12(7-11-15)16-9-4-5-13(16)14(17)18/h12-13H,2-11H2,1H3,(H,17,18). The Hall–Kier alpha value is -0.610. The van der Waals surface area contributed by atoms with Gasteiger partial charge in [-0.25, -0.2) is 0 Å². The summed E-state index contributed by atoms with van der Waals surface area (Å²) < 4.78 is 0. The molecule has 2 rings (SSSR count). The van der Waals surface area contributed by atoms with Crippen molar-refractivity contribution in [1.29, 1.82) is 0 Å². The maximum absolute atomic E-state index is 11.2. The van der Waals surface area contributed by atoms with Gasteiger partial charge >= 0.3 is 5.97 Å². The molecule has 2 aliphatic heterocycles. The van der Waals surface area contributed by atoms with Crippen molar-refractivity contribution in [1.82, 2.24) is 9.80 Å². The van der Waals surface area contributed by atoms with Gasteiger partial charge in [0.2, 0.25) is 0 Å². The fourth-order valence-corrected chi connectivity index (χ4v) is 3.35. The van der Waals surface area contributed by atoms with Crippen LogP contribution in [0.5, 0.6) is 0 Å². The van der Waals surface area contributed by atoms with Gasteiger partial charge in [0.25, 0.3) is 0 Å². The van der Waals surface area contributed by atoms with Crippen molar-refractivity contribution >= 4 is 5.97 Å². The Bertz CT molecular complexity index is 275. The van der Waals surface area contributed by atoms with E-state index in [1.807, 2.05) is 0 Å². The fourth-order valence-electron chi connectivity index (χ4n) is 3.35. The van der Waals surface area contributed by atoms with Gasteiger partial charge in [-0.15, -0.1) is 0 Å². The minimum Gasteiger partial charge on any atom is -0.480 e. The number of carboxylic acids is 1. The van der Waals surface area contributed by atoms with Gasteiger partial charge < -0.3 is 10.0 Å². The molecule has 1 N–H and O–H groups in total.